The maximum atomic E-state index is 6.67. The average Bonchev–Trinajstić information content (AvgIpc) is 3.98. The Bertz CT molecular complexity index is 3470. The number of benzene rings is 7. The van der Waals surface area contributed by atoms with Gasteiger partial charge in [-0.2, -0.15) is 0 Å². The first-order chi connectivity index (χ1) is 28.2. The van der Waals surface area contributed by atoms with Gasteiger partial charge in [0.25, 0.3) is 0 Å². The quantitative estimate of drug-likeness (QED) is 0.176. The normalized spacial score (nSPS) is 13.5. The Kier molecular flexibility index (Phi) is 6.99. The van der Waals surface area contributed by atoms with Crippen LogP contribution in [-0.4, -0.2) is 9.97 Å². The number of furan rings is 3. The molecule has 57 heavy (non-hydrogen) atoms. The van der Waals surface area contributed by atoms with Crippen LogP contribution < -0.4 is 0 Å². The van der Waals surface area contributed by atoms with Gasteiger partial charge in [0.15, 0.2) is 5.82 Å². The van der Waals surface area contributed by atoms with Crippen LogP contribution in [0.5, 0.6) is 0 Å². The van der Waals surface area contributed by atoms with Crippen LogP contribution in [0, 0.1) is 0 Å². The molecule has 0 spiro atoms. The molecule has 0 atom stereocenters. The van der Waals surface area contributed by atoms with Gasteiger partial charge in [-0.15, -0.1) is 0 Å². The van der Waals surface area contributed by atoms with Gasteiger partial charge in [-0.25, -0.2) is 9.97 Å². The largest absolute Gasteiger partial charge is 0.455 e. The zero-order valence-corrected chi connectivity index (χ0v) is 30.7. The third-order valence-corrected chi connectivity index (χ3v) is 11.5. The van der Waals surface area contributed by atoms with E-state index in [-0.39, 0.29) is 0 Å². The zero-order chi connectivity index (χ0) is 37.5. The lowest BCUT2D eigenvalue weighted by atomic mass is 9.83. The predicted molar refractivity (Wildman–Crippen MR) is 232 cm³/mol. The number of hydrogen-bond donors (Lipinski definition) is 0. The molecule has 0 N–H and O–H groups in total. The monoisotopic (exact) mass is 732 g/mol. The number of para-hydroxylation sites is 6. The fourth-order valence-corrected chi connectivity index (χ4v) is 8.82. The minimum absolute atomic E-state index is 0.643. The van der Waals surface area contributed by atoms with Gasteiger partial charge in [0.2, 0.25) is 0 Å². The molecular formula is C52H32N2O3. The summed E-state index contributed by atoms with van der Waals surface area (Å²) >= 11 is 0. The number of allylic oxidation sites excluding steroid dienone is 4. The standard InChI is InChI=1S/C52H32N2O3/c1-2-13-31(14-3-1)52-53-44(42-23-12-22-41-37-17-6-9-26-48(37)57-51(41)42)30-45(54-52)43-29-32(33-18-10-20-39-35-15-4-7-24-46(35)55-49(33)39)27-28-34(43)38-19-11-21-40-36-16-5-8-25-47(36)56-50(38)40/h1-26,29-30H,27-28H2. The number of fused-ring (bicyclic) bond motifs is 9. The van der Waals surface area contributed by atoms with Crippen molar-refractivity contribution in [1.29, 1.82) is 0 Å². The number of rotatable bonds is 5. The summed E-state index contributed by atoms with van der Waals surface area (Å²) in [6, 6.07) is 56.3. The highest BCUT2D eigenvalue weighted by Crippen LogP contribution is 2.46. The summed E-state index contributed by atoms with van der Waals surface area (Å²) in [6.07, 6.45) is 3.91. The van der Waals surface area contributed by atoms with Crippen molar-refractivity contribution < 1.29 is 13.3 Å². The van der Waals surface area contributed by atoms with Gasteiger partial charge < -0.3 is 13.3 Å². The van der Waals surface area contributed by atoms with Gasteiger partial charge in [-0.3, -0.25) is 0 Å². The molecule has 268 valence electrons. The maximum Gasteiger partial charge on any atom is 0.160 e. The van der Waals surface area contributed by atoms with Crippen LogP contribution in [0.25, 0.3) is 105 Å². The molecule has 0 radical (unpaired) electrons. The molecule has 11 aromatic rings. The van der Waals surface area contributed by atoms with Crippen LogP contribution in [0.4, 0.5) is 0 Å². The van der Waals surface area contributed by atoms with Crippen molar-refractivity contribution in [1.82, 2.24) is 9.97 Å². The number of hydrogen-bond acceptors (Lipinski definition) is 5. The molecule has 1 aliphatic carbocycles. The highest BCUT2D eigenvalue weighted by molar-refractivity contribution is 6.14. The first-order valence-corrected chi connectivity index (χ1v) is 19.4. The summed E-state index contributed by atoms with van der Waals surface area (Å²) in [7, 11) is 0. The Morgan fingerprint density at radius 3 is 1.47 bits per heavy atom. The lowest BCUT2D eigenvalue weighted by Gasteiger charge is -2.22. The van der Waals surface area contributed by atoms with E-state index in [4.69, 9.17) is 23.2 Å². The average molecular weight is 733 g/mol. The minimum Gasteiger partial charge on any atom is -0.455 e. The van der Waals surface area contributed by atoms with Gasteiger partial charge in [-0.1, -0.05) is 133 Å². The Hall–Kier alpha value is -7.50. The molecule has 0 aliphatic heterocycles. The maximum absolute atomic E-state index is 6.67. The van der Waals surface area contributed by atoms with E-state index in [9.17, 15) is 0 Å². The smallest absolute Gasteiger partial charge is 0.160 e. The Balaban J connectivity index is 1.15. The van der Waals surface area contributed by atoms with Crippen LogP contribution in [0.3, 0.4) is 0 Å². The van der Waals surface area contributed by atoms with Gasteiger partial charge in [0, 0.05) is 60.1 Å². The second kappa shape index (κ2) is 12.5. The van der Waals surface area contributed by atoms with E-state index < -0.39 is 0 Å². The van der Waals surface area contributed by atoms with Gasteiger partial charge in [-0.05, 0) is 60.4 Å². The molecule has 5 nitrogen and oxygen atoms in total. The lowest BCUT2D eigenvalue weighted by molar-refractivity contribution is 0.666. The molecule has 0 unspecified atom stereocenters. The molecule has 0 saturated heterocycles. The van der Waals surface area contributed by atoms with Crippen molar-refractivity contribution >= 4 is 82.5 Å². The van der Waals surface area contributed by atoms with E-state index in [2.05, 4.69) is 115 Å². The van der Waals surface area contributed by atoms with E-state index in [1.807, 2.05) is 54.6 Å². The molecule has 4 aromatic heterocycles. The molecular weight excluding hydrogens is 701 g/mol. The highest BCUT2D eigenvalue weighted by Gasteiger charge is 2.25. The molecule has 1 aliphatic rings. The summed E-state index contributed by atoms with van der Waals surface area (Å²) in [5, 5.41) is 6.57. The minimum atomic E-state index is 0.643. The summed E-state index contributed by atoms with van der Waals surface area (Å²) in [5.41, 5.74) is 14.2. The molecule has 0 amide bonds. The lowest BCUT2D eigenvalue weighted by Crippen LogP contribution is -2.04. The van der Waals surface area contributed by atoms with E-state index in [1.165, 1.54) is 11.1 Å². The molecule has 0 fully saturated rings. The molecule has 12 rings (SSSR count). The van der Waals surface area contributed by atoms with Gasteiger partial charge >= 0.3 is 0 Å². The van der Waals surface area contributed by atoms with Crippen LogP contribution in [0.2, 0.25) is 0 Å². The third-order valence-electron chi connectivity index (χ3n) is 11.5. The molecule has 0 bridgehead atoms. The summed E-state index contributed by atoms with van der Waals surface area (Å²) in [6.45, 7) is 0. The van der Waals surface area contributed by atoms with Crippen molar-refractivity contribution in [2.75, 3.05) is 0 Å². The van der Waals surface area contributed by atoms with Crippen LogP contribution in [-0.2, 0) is 0 Å². The second-order valence-electron chi connectivity index (χ2n) is 14.7. The molecule has 0 saturated carbocycles. The second-order valence-corrected chi connectivity index (χ2v) is 14.7. The highest BCUT2D eigenvalue weighted by atomic mass is 16.3. The van der Waals surface area contributed by atoms with E-state index >= 15 is 0 Å². The molecule has 4 heterocycles. The number of aromatic nitrogens is 2. The Morgan fingerprint density at radius 2 is 0.860 bits per heavy atom. The van der Waals surface area contributed by atoms with Crippen molar-refractivity contribution in [2.45, 2.75) is 12.8 Å². The zero-order valence-electron chi connectivity index (χ0n) is 30.7. The summed E-state index contributed by atoms with van der Waals surface area (Å²) in [5.74, 6) is 0.643. The van der Waals surface area contributed by atoms with E-state index in [0.717, 1.165) is 118 Å². The fourth-order valence-electron chi connectivity index (χ4n) is 8.82. The van der Waals surface area contributed by atoms with E-state index in [1.54, 1.807) is 0 Å². The summed E-state index contributed by atoms with van der Waals surface area (Å²) in [4.78, 5) is 10.7. The van der Waals surface area contributed by atoms with Crippen LogP contribution in [0.1, 0.15) is 29.7 Å². The first-order valence-electron chi connectivity index (χ1n) is 19.4. The van der Waals surface area contributed by atoms with Crippen LogP contribution in [0.15, 0.2) is 183 Å². The Labute approximate surface area is 326 Å². The fraction of sp³-hybridized carbons (Fsp3) is 0.0385. The van der Waals surface area contributed by atoms with Crippen molar-refractivity contribution in [3.05, 3.63) is 187 Å². The third kappa shape index (κ3) is 5.02. The topological polar surface area (TPSA) is 65.2 Å². The Morgan fingerprint density at radius 1 is 0.386 bits per heavy atom. The molecule has 5 heteroatoms. The van der Waals surface area contributed by atoms with E-state index in [0.29, 0.717) is 5.82 Å². The number of nitrogens with zero attached hydrogens (tertiary/aromatic N) is 2. The van der Waals surface area contributed by atoms with Crippen molar-refractivity contribution in [3.8, 4) is 22.6 Å². The van der Waals surface area contributed by atoms with Gasteiger partial charge in [0.05, 0.1) is 11.4 Å². The first kappa shape index (κ1) is 31.8. The van der Waals surface area contributed by atoms with Crippen molar-refractivity contribution in [3.63, 3.8) is 0 Å². The SMILES string of the molecule is C1=C(c2cccc3c2oc2ccccc23)CCC(c2cccc3c2oc2ccccc23)=C1c1cc(-c2cccc3c2oc2ccccc23)nc(-c2ccccc2)n1. The molecule has 7 aromatic carbocycles. The van der Waals surface area contributed by atoms with Crippen molar-refractivity contribution in [2.24, 2.45) is 0 Å². The van der Waals surface area contributed by atoms with Gasteiger partial charge in [0.1, 0.15) is 33.5 Å². The van der Waals surface area contributed by atoms with Crippen LogP contribution >= 0.6 is 0 Å². The summed E-state index contributed by atoms with van der Waals surface area (Å²) < 4.78 is 19.8. The predicted octanol–water partition coefficient (Wildman–Crippen LogP) is 14.3.